The first-order valence-electron chi connectivity index (χ1n) is 5.77. The summed E-state index contributed by atoms with van der Waals surface area (Å²) in [7, 11) is 0. The SMILES string of the molecule is CC(C)(C)C(=O)[C@@H]1CCc2ccccc2O1. The summed E-state index contributed by atoms with van der Waals surface area (Å²) in [6.45, 7) is 5.83. The van der Waals surface area contributed by atoms with Gasteiger partial charge in [-0.15, -0.1) is 0 Å². The molecule has 0 bridgehead atoms. The zero-order valence-electron chi connectivity index (χ0n) is 10.1. The van der Waals surface area contributed by atoms with Crippen molar-refractivity contribution in [3.63, 3.8) is 0 Å². The van der Waals surface area contributed by atoms with Crippen molar-refractivity contribution >= 4 is 5.78 Å². The molecule has 2 nitrogen and oxygen atoms in total. The molecule has 1 heterocycles. The van der Waals surface area contributed by atoms with Gasteiger partial charge in [0.2, 0.25) is 0 Å². The Balaban J connectivity index is 2.17. The zero-order chi connectivity index (χ0) is 11.8. The number of rotatable bonds is 1. The third-order valence-corrected chi connectivity index (χ3v) is 2.95. The number of hydrogen-bond donors (Lipinski definition) is 0. The highest BCUT2D eigenvalue weighted by molar-refractivity contribution is 5.88. The van der Waals surface area contributed by atoms with Crippen LogP contribution < -0.4 is 4.74 Å². The molecule has 0 N–H and O–H groups in total. The lowest BCUT2D eigenvalue weighted by Crippen LogP contribution is -2.38. The van der Waals surface area contributed by atoms with Crippen LogP contribution in [0.4, 0.5) is 0 Å². The molecule has 16 heavy (non-hydrogen) atoms. The van der Waals surface area contributed by atoms with Crippen LogP contribution in [0.5, 0.6) is 5.75 Å². The van der Waals surface area contributed by atoms with Crippen LogP contribution >= 0.6 is 0 Å². The highest BCUT2D eigenvalue weighted by Gasteiger charge is 2.33. The monoisotopic (exact) mass is 218 g/mol. The number of ketones is 1. The first-order valence-corrected chi connectivity index (χ1v) is 5.77. The van der Waals surface area contributed by atoms with Gasteiger partial charge in [-0.1, -0.05) is 39.0 Å². The van der Waals surface area contributed by atoms with Crippen molar-refractivity contribution in [2.24, 2.45) is 5.41 Å². The highest BCUT2D eigenvalue weighted by Crippen LogP contribution is 2.30. The predicted octanol–water partition coefficient (Wildman–Crippen LogP) is 3.00. The fraction of sp³-hybridized carbons (Fsp3) is 0.500. The van der Waals surface area contributed by atoms with Crippen molar-refractivity contribution < 1.29 is 9.53 Å². The third-order valence-electron chi connectivity index (χ3n) is 2.95. The van der Waals surface area contributed by atoms with Gasteiger partial charge in [0.15, 0.2) is 11.9 Å². The van der Waals surface area contributed by atoms with Gasteiger partial charge in [-0.05, 0) is 24.5 Å². The van der Waals surface area contributed by atoms with Gasteiger partial charge in [0.25, 0.3) is 0 Å². The summed E-state index contributed by atoms with van der Waals surface area (Å²) in [6.07, 6.45) is 1.46. The number of para-hydroxylation sites is 1. The van der Waals surface area contributed by atoms with Crippen LogP contribution in [-0.4, -0.2) is 11.9 Å². The molecular weight excluding hydrogens is 200 g/mol. The molecule has 0 fully saturated rings. The molecule has 1 aliphatic rings. The Morgan fingerprint density at radius 3 is 2.69 bits per heavy atom. The minimum atomic E-state index is -0.322. The van der Waals surface area contributed by atoms with Crippen LogP contribution in [0.25, 0.3) is 0 Å². The van der Waals surface area contributed by atoms with E-state index in [9.17, 15) is 4.79 Å². The fourth-order valence-electron chi connectivity index (χ4n) is 1.99. The van der Waals surface area contributed by atoms with E-state index in [4.69, 9.17) is 4.74 Å². The molecule has 1 aliphatic heterocycles. The van der Waals surface area contributed by atoms with Crippen molar-refractivity contribution in [1.82, 2.24) is 0 Å². The van der Waals surface area contributed by atoms with Crippen LogP contribution in [0.2, 0.25) is 0 Å². The van der Waals surface area contributed by atoms with Gasteiger partial charge >= 0.3 is 0 Å². The summed E-state index contributed by atoms with van der Waals surface area (Å²) in [5.41, 5.74) is 0.886. The first-order chi connectivity index (χ1) is 7.48. The summed E-state index contributed by atoms with van der Waals surface area (Å²) in [5, 5.41) is 0. The summed E-state index contributed by atoms with van der Waals surface area (Å²) >= 11 is 0. The smallest absolute Gasteiger partial charge is 0.178 e. The van der Waals surface area contributed by atoms with Gasteiger partial charge in [0.1, 0.15) is 5.75 Å². The number of carbonyl (C=O) groups excluding carboxylic acids is 1. The van der Waals surface area contributed by atoms with E-state index in [2.05, 4.69) is 6.07 Å². The Labute approximate surface area is 96.6 Å². The summed E-state index contributed by atoms with van der Waals surface area (Å²) in [6, 6.07) is 7.96. The molecule has 2 heteroatoms. The molecule has 1 aromatic carbocycles. The lowest BCUT2D eigenvalue weighted by molar-refractivity contribution is -0.134. The molecule has 0 spiro atoms. The third kappa shape index (κ3) is 2.11. The number of hydrogen-bond acceptors (Lipinski definition) is 2. The van der Waals surface area contributed by atoms with E-state index in [-0.39, 0.29) is 17.3 Å². The lowest BCUT2D eigenvalue weighted by Gasteiger charge is -2.29. The number of benzene rings is 1. The van der Waals surface area contributed by atoms with E-state index in [1.54, 1.807) is 0 Å². The Bertz CT molecular complexity index is 401. The van der Waals surface area contributed by atoms with Crippen LogP contribution in [-0.2, 0) is 11.2 Å². The van der Waals surface area contributed by atoms with Gasteiger partial charge < -0.3 is 4.74 Å². The summed E-state index contributed by atoms with van der Waals surface area (Å²) < 4.78 is 5.77. The maximum Gasteiger partial charge on any atom is 0.178 e. The maximum atomic E-state index is 12.1. The number of carbonyl (C=O) groups is 1. The molecule has 2 rings (SSSR count). The van der Waals surface area contributed by atoms with Crippen molar-refractivity contribution in [2.75, 3.05) is 0 Å². The van der Waals surface area contributed by atoms with Crippen LogP contribution in [0.1, 0.15) is 32.8 Å². The quantitative estimate of drug-likeness (QED) is 0.724. The van der Waals surface area contributed by atoms with E-state index in [0.717, 1.165) is 18.6 Å². The summed E-state index contributed by atoms with van der Waals surface area (Å²) in [5.74, 6) is 1.07. The number of ether oxygens (including phenoxy) is 1. The fourth-order valence-corrected chi connectivity index (χ4v) is 1.99. The van der Waals surface area contributed by atoms with E-state index < -0.39 is 0 Å². The second-order valence-electron chi connectivity index (χ2n) is 5.37. The van der Waals surface area contributed by atoms with Crippen molar-refractivity contribution in [3.8, 4) is 5.75 Å². The lowest BCUT2D eigenvalue weighted by atomic mass is 9.85. The van der Waals surface area contributed by atoms with Crippen molar-refractivity contribution in [3.05, 3.63) is 29.8 Å². The second-order valence-corrected chi connectivity index (χ2v) is 5.37. The standard InChI is InChI=1S/C14H18O2/c1-14(2,3)13(15)12-9-8-10-6-4-5-7-11(10)16-12/h4-7,12H,8-9H2,1-3H3/t12-/m0/s1. The van der Waals surface area contributed by atoms with Crippen LogP contribution in [0.15, 0.2) is 24.3 Å². The molecule has 0 amide bonds. The van der Waals surface area contributed by atoms with E-state index in [1.165, 1.54) is 5.56 Å². The van der Waals surface area contributed by atoms with Gasteiger partial charge in [-0.2, -0.15) is 0 Å². The van der Waals surface area contributed by atoms with Crippen LogP contribution in [0.3, 0.4) is 0 Å². The maximum absolute atomic E-state index is 12.1. The van der Waals surface area contributed by atoms with E-state index in [0.29, 0.717) is 0 Å². The van der Waals surface area contributed by atoms with E-state index in [1.807, 2.05) is 39.0 Å². The predicted molar refractivity (Wildman–Crippen MR) is 63.6 cm³/mol. The normalized spacial score (nSPS) is 19.8. The molecule has 0 aliphatic carbocycles. The summed E-state index contributed by atoms with van der Waals surface area (Å²) in [4.78, 5) is 12.1. The molecule has 0 radical (unpaired) electrons. The molecule has 0 unspecified atom stereocenters. The Morgan fingerprint density at radius 1 is 1.31 bits per heavy atom. The zero-order valence-corrected chi connectivity index (χ0v) is 10.1. The van der Waals surface area contributed by atoms with Gasteiger partial charge in [-0.3, -0.25) is 4.79 Å². The molecule has 0 aromatic heterocycles. The first kappa shape index (κ1) is 11.2. The minimum Gasteiger partial charge on any atom is -0.482 e. The molecular formula is C14H18O2. The van der Waals surface area contributed by atoms with Crippen LogP contribution in [0, 0.1) is 5.41 Å². The molecule has 1 aromatic rings. The number of Topliss-reactive ketones (excluding diaryl/α,β-unsaturated/α-hetero) is 1. The Hall–Kier alpha value is -1.31. The Morgan fingerprint density at radius 2 is 2.00 bits per heavy atom. The van der Waals surface area contributed by atoms with Crippen molar-refractivity contribution in [2.45, 2.75) is 39.7 Å². The largest absolute Gasteiger partial charge is 0.482 e. The van der Waals surface area contributed by atoms with E-state index >= 15 is 0 Å². The highest BCUT2D eigenvalue weighted by atomic mass is 16.5. The molecule has 0 saturated carbocycles. The minimum absolute atomic E-state index is 0.196. The van der Waals surface area contributed by atoms with Gasteiger partial charge in [0, 0.05) is 5.41 Å². The topological polar surface area (TPSA) is 26.3 Å². The molecule has 0 saturated heterocycles. The number of aryl methyl sites for hydroxylation is 1. The van der Waals surface area contributed by atoms with Gasteiger partial charge in [0.05, 0.1) is 0 Å². The number of fused-ring (bicyclic) bond motifs is 1. The molecule has 86 valence electrons. The van der Waals surface area contributed by atoms with Crippen molar-refractivity contribution in [1.29, 1.82) is 0 Å². The second kappa shape index (κ2) is 3.93. The molecule has 1 atom stereocenters. The van der Waals surface area contributed by atoms with Gasteiger partial charge in [-0.25, -0.2) is 0 Å². The Kier molecular flexibility index (Phi) is 2.75. The average Bonchev–Trinajstić information content (AvgIpc) is 2.26. The average molecular weight is 218 g/mol.